The number of primary amides is 1. The second-order valence-corrected chi connectivity index (χ2v) is 3.47. The van der Waals surface area contributed by atoms with E-state index in [9.17, 15) is 4.79 Å². The Kier molecular flexibility index (Phi) is 6.02. The van der Waals surface area contributed by atoms with E-state index in [0.717, 1.165) is 19.3 Å². The summed E-state index contributed by atoms with van der Waals surface area (Å²) in [5.41, 5.74) is 4.97. The van der Waals surface area contributed by atoms with Gasteiger partial charge in [-0.15, -0.1) is 0 Å². The van der Waals surface area contributed by atoms with Crippen molar-refractivity contribution in [1.82, 2.24) is 0 Å². The van der Waals surface area contributed by atoms with Crippen molar-refractivity contribution in [3.05, 3.63) is 0 Å². The first kappa shape index (κ1) is 11.6. The summed E-state index contributed by atoms with van der Waals surface area (Å²) in [6.07, 6.45) is 3.95. The summed E-state index contributed by atoms with van der Waals surface area (Å²) in [6.45, 7) is 2.11. The van der Waals surface area contributed by atoms with Crippen molar-refractivity contribution >= 4 is 40.1 Å². The molecular weight excluding hydrogens is 190 g/mol. The fraction of sp³-hybridized carbons (Fsp3) is 0.625. The van der Waals surface area contributed by atoms with Crippen LogP contribution in [0.25, 0.3) is 0 Å². The number of thiocarbonyl (C=S) groups is 2. The van der Waals surface area contributed by atoms with Crippen LogP contribution in [0.2, 0.25) is 0 Å². The maximum atomic E-state index is 10.6. The highest BCUT2D eigenvalue weighted by Gasteiger charge is 2.09. The van der Waals surface area contributed by atoms with Crippen LogP contribution in [-0.2, 0) is 4.79 Å². The number of unbranched alkanes of at least 4 members (excludes halogenated alkanes) is 2. The minimum absolute atomic E-state index is 0.126. The molecule has 2 nitrogen and oxygen atoms in total. The van der Waals surface area contributed by atoms with Crippen LogP contribution in [0.15, 0.2) is 0 Å². The Morgan fingerprint density at radius 2 is 1.92 bits per heavy atom. The first-order valence-electron chi connectivity index (χ1n) is 3.96. The van der Waals surface area contributed by atoms with Crippen molar-refractivity contribution in [3.63, 3.8) is 0 Å². The van der Waals surface area contributed by atoms with Gasteiger partial charge in [0.2, 0.25) is 0 Å². The predicted molar refractivity (Wildman–Crippen MR) is 58.5 cm³/mol. The first-order chi connectivity index (χ1) is 5.59. The highest BCUT2D eigenvalue weighted by molar-refractivity contribution is 7.90. The standard InChI is InChI=1S/C8H13NOS2/c1-2-3-4-5-6(11)7(12)8(9)10/h2-5H2,1H3,(H2,9,10). The SMILES string of the molecule is CCCCCC(=S)C(=S)C(N)=O. The third-order valence-corrected chi connectivity index (χ3v) is 2.47. The van der Waals surface area contributed by atoms with E-state index in [1.807, 2.05) is 0 Å². The summed E-state index contributed by atoms with van der Waals surface area (Å²) in [6, 6.07) is 0. The van der Waals surface area contributed by atoms with E-state index in [0.29, 0.717) is 11.3 Å². The van der Waals surface area contributed by atoms with Gasteiger partial charge < -0.3 is 5.73 Å². The molecule has 0 bridgehead atoms. The zero-order chi connectivity index (χ0) is 9.56. The quantitative estimate of drug-likeness (QED) is 0.528. The highest BCUT2D eigenvalue weighted by atomic mass is 32.1. The van der Waals surface area contributed by atoms with E-state index in [-0.39, 0.29) is 4.86 Å². The van der Waals surface area contributed by atoms with E-state index < -0.39 is 5.91 Å². The molecule has 0 rings (SSSR count). The van der Waals surface area contributed by atoms with Gasteiger partial charge in [-0.25, -0.2) is 0 Å². The van der Waals surface area contributed by atoms with Crippen LogP contribution in [0.3, 0.4) is 0 Å². The molecule has 68 valence electrons. The fourth-order valence-electron chi connectivity index (χ4n) is 0.786. The number of carbonyl (C=O) groups is 1. The van der Waals surface area contributed by atoms with Gasteiger partial charge in [0.15, 0.2) is 0 Å². The smallest absolute Gasteiger partial charge is 0.260 e. The Morgan fingerprint density at radius 3 is 2.33 bits per heavy atom. The summed E-state index contributed by atoms with van der Waals surface area (Å²) in [4.78, 5) is 11.2. The van der Waals surface area contributed by atoms with Crippen LogP contribution >= 0.6 is 24.4 Å². The Balaban J connectivity index is 3.73. The topological polar surface area (TPSA) is 43.1 Å². The average Bonchev–Trinajstić information content (AvgIpc) is 2.03. The molecule has 0 aromatic carbocycles. The van der Waals surface area contributed by atoms with Crippen molar-refractivity contribution in [3.8, 4) is 0 Å². The second kappa shape index (κ2) is 6.20. The van der Waals surface area contributed by atoms with Gasteiger partial charge >= 0.3 is 0 Å². The molecule has 0 aromatic rings. The molecule has 0 atom stereocenters. The molecule has 0 radical (unpaired) electrons. The van der Waals surface area contributed by atoms with Gasteiger partial charge in [-0.05, 0) is 12.8 Å². The number of hydrogen-bond acceptors (Lipinski definition) is 3. The van der Waals surface area contributed by atoms with E-state index in [4.69, 9.17) is 30.2 Å². The zero-order valence-corrected chi connectivity index (χ0v) is 8.76. The summed E-state index contributed by atoms with van der Waals surface area (Å²) in [5.74, 6) is -0.577. The molecule has 0 fully saturated rings. The van der Waals surface area contributed by atoms with Gasteiger partial charge in [-0.1, -0.05) is 44.2 Å². The molecule has 0 saturated carbocycles. The van der Waals surface area contributed by atoms with Crippen molar-refractivity contribution < 1.29 is 4.79 Å². The summed E-state index contributed by atoms with van der Waals surface area (Å²) < 4.78 is 0. The number of amides is 1. The average molecular weight is 203 g/mol. The van der Waals surface area contributed by atoms with Gasteiger partial charge in [0.05, 0.1) is 0 Å². The molecule has 1 amide bonds. The number of nitrogens with two attached hydrogens (primary N) is 1. The maximum Gasteiger partial charge on any atom is 0.260 e. The van der Waals surface area contributed by atoms with Gasteiger partial charge in [0.1, 0.15) is 4.86 Å². The third kappa shape index (κ3) is 4.51. The highest BCUT2D eigenvalue weighted by Crippen LogP contribution is 2.02. The molecule has 0 aliphatic carbocycles. The van der Waals surface area contributed by atoms with E-state index in [1.165, 1.54) is 0 Å². The van der Waals surface area contributed by atoms with E-state index >= 15 is 0 Å². The van der Waals surface area contributed by atoms with E-state index in [1.54, 1.807) is 0 Å². The van der Waals surface area contributed by atoms with Crippen LogP contribution in [0, 0.1) is 0 Å². The van der Waals surface area contributed by atoms with Gasteiger partial charge in [-0.3, -0.25) is 4.79 Å². The summed E-state index contributed by atoms with van der Waals surface area (Å²) >= 11 is 9.66. The molecule has 12 heavy (non-hydrogen) atoms. The number of carbonyl (C=O) groups excluding carboxylic acids is 1. The van der Waals surface area contributed by atoms with Crippen LogP contribution in [0.4, 0.5) is 0 Å². The van der Waals surface area contributed by atoms with Crippen LogP contribution in [-0.4, -0.2) is 15.6 Å². The number of hydrogen-bond donors (Lipinski definition) is 1. The predicted octanol–water partition coefficient (Wildman–Crippen LogP) is 1.79. The molecular formula is C8H13NOS2. The van der Waals surface area contributed by atoms with Crippen LogP contribution in [0.1, 0.15) is 32.6 Å². The maximum absolute atomic E-state index is 10.6. The second-order valence-electron chi connectivity index (χ2n) is 2.57. The van der Waals surface area contributed by atoms with Gasteiger partial charge in [-0.2, -0.15) is 0 Å². The number of rotatable bonds is 6. The fourth-order valence-corrected chi connectivity index (χ4v) is 1.13. The van der Waals surface area contributed by atoms with Crippen LogP contribution < -0.4 is 5.73 Å². The minimum Gasteiger partial charge on any atom is -0.365 e. The van der Waals surface area contributed by atoms with Crippen molar-refractivity contribution in [2.45, 2.75) is 32.6 Å². The summed E-state index contributed by atoms with van der Waals surface area (Å²) in [7, 11) is 0. The van der Waals surface area contributed by atoms with E-state index in [2.05, 4.69) is 6.92 Å². The largest absolute Gasteiger partial charge is 0.365 e. The lowest BCUT2D eigenvalue weighted by Crippen LogP contribution is -2.27. The lowest BCUT2D eigenvalue weighted by atomic mass is 10.1. The lowest BCUT2D eigenvalue weighted by molar-refractivity contribution is -0.111. The Morgan fingerprint density at radius 1 is 1.33 bits per heavy atom. The summed E-state index contributed by atoms with van der Waals surface area (Å²) in [5, 5.41) is 0. The lowest BCUT2D eigenvalue weighted by Gasteiger charge is -2.00. The van der Waals surface area contributed by atoms with Gasteiger partial charge in [0.25, 0.3) is 5.91 Å². The molecule has 0 aliphatic heterocycles. The molecule has 0 unspecified atom stereocenters. The normalized spacial score (nSPS) is 9.42. The Labute approximate surface area is 83.5 Å². The molecule has 4 heteroatoms. The molecule has 0 saturated heterocycles. The molecule has 2 N–H and O–H groups in total. The third-order valence-electron chi connectivity index (χ3n) is 1.48. The van der Waals surface area contributed by atoms with Crippen molar-refractivity contribution in [2.75, 3.05) is 0 Å². The molecule has 0 heterocycles. The minimum atomic E-state index is -0.577. The Hall–Kier alpha value is -0.350. The van der Waals surface area contributed by atoms with Crippen LogP contribution in [0.5, 0.6) is 0 Å². The molecule has 0 spiro atoms. The van der Waals surface area contributed by atoms with Gasteiger partial charge in [0, 0.05) is 4.86 Å². The van der Waals surface area contributed by atoms with Crippen molar-refractivity contribution in [2.24, 2.45) is 5.73 Å². The molecule has 0 aliphatic rings. The molecule has 0 aromatic heterocycles. The zero-order valence-electron chi connectivity index (χ0n) is 7.13. The monoisotopic (exact) mass is 203 g/mol. The Bertz CT molecular complexity index is 201. The first-order valence-corrected chi connectivity index (χ1v) is 4.78. The van der Waals surface area contributed by atoms with Crippen molar-refractivity contribution in [1.29, 1.82) is 0 Å².